The van der Waals surface area contributed by atoms with Crippen LogP contribution in [0.1, 0.15) is 12.8 Å². The molecule has 0 rings (SSSR count). The van der Waals surface area contributed by atoms with Crippen molar-refractivity contribution in [2.45, 2.75) is 12.8 Å². The maximum absolute atomic E-state index is 8.25. The van der Waals surface area contributed by atoms with Crippen LogP contribution in [0.25, 0.3) is 0 Å². The minimum Gasteiger partial charge on any atom is -0.396 e. The molecule has 0 amide bonds. The van der Waals surface area contributed by atoms with Crippen LogP contribution in [0.15, 0.2) is 12.2 Å². The van der Waals surface area contributed by atoms with Gasteiger partial charge in [0.1, 0.15) is 0 Å². The van der Waals surface area contributed by atoms with Crippen molar-refractivity contribution < 1.29 is 10.2 Å². The van der Waals surface area contributed by atoms with Crippen LogP contribution >= 0.6 is 0 Å². The summed E-state index contributed by atoms with van der Waals surface area (Å²) in [5.41, 5.74) is 0. The predicted molar refractivity (Wildman–Crippen MR) is 32.5 cm³/mol. The lowest BCUT2D eigenvalue weighted by Crippen LogP contribution is -1.78. The molecule has 0 aliphatic rings. The van der Waals surface area contributed by atoms with Gasteiger partial charge in [0, 0.05) is 13.2 Å². The molecular weight excluding hydrogens is 104 g/mol. The summed E-state index contributed by atoms with van der Waals surface area (Å²) < 4.78 is 0. The first-order chi connectivity index (χ1) is 3.91. The van der Waals surface area contributed by atoms with Crippen LogP contribution in [0.3, 0.4) is 0 Å². The second-order valence-electron chi connectivity index (χ2n) is 1.50. The minimum absolute atomic E-state index is 0.196. The summed E-state index contributed by atoms with van der Waals surface area (Å²) in [5, 5.41) is 16.5. The lowest BCUT2D eigenvalue weighted by Gasteiger charge is -1.83. The summed E-state index contributed by atoms with van der Waals surface area (Å²) in [5.74, 6) is 0. The zero-order valence-electron chi connectivity index (χ0n) is 4.88. The van der Waals surface area contributed by atoms with E-state index in [1.165, 1.54) is 0 Å². The highest BCUT2D eigenvalue weighted by molar-refractivity contribution is 4.80. The minimum atomic E-state index is 0.196. The molecule has 0 aromatic rings. The van der Waals surface area contributed by atoms with Crippen LogP contribution in [0, 0.1) is 0 Å². The Morgan fingerprint density at radius 1 is 0.875 bits per heavy atom. The van der Waals surface area contributed by atoms with E-state index in [1.807, 2.05) is 12.2 Å². The number of hydrogen-bond donors (Lipinski definition) is 2. The van der Waals surface area contributed by atoms with E-state index in [4.69, 9.17) is 10.2 Å². The smallest absolute Gasteiger partial charge is 0.0465 e. The predicted octanol–water partition coefficient (Wildman–Crippen LogP) is 0.307. The van der Waals surface area contributed by atoms with Crippen molar-refractivity contribution in [1.29, 1.82) is 0 Å². The summed E-state index contributed by atoms with van der Waals surface area (Å²) in [6.45, 7) is 0.393. The van der Waals surface area contributed by atoms with E-state index in [0.29, 0.717) is 12.8 Å². The van der Waals surface area contributed by atoms with E-state index in [1.54, 1.807) is 0 Å². The van der Waals surface area contributed by atoms with Crippen molar-refractivity contribution in [2.75, 3.05) is 13.2 Å². The Balaban J connectivity index is 2.83. The largest absolute Gasteiger partial charge is 0.396 e. The Kier molecular flexibility index (Phi) is 6.38. The van der Waals surface area contributed by atoms with Crippen molar-refractivity contribution in [1.82, 2.24) is 0 Å². The van der Waals surface area contributed by atoms with Gasteiger partial charge >= 0.3 is 0 Å². The average molecular weight is 116 g/mol. The van der Waals surface area contributed by atoms with Gasteiger partial charge in [0.05, 0.1) is 0 Å². The first-order valence-corrected chi connectivity index (χ1v) is 2.78. The van der Waals surface area contributed by atoms with E-state index in [-0.39, 0.29) is 13.2 Å². The Hall–Kier alpha value is -0.340. The molecule has 0 fully saturated rings. The lowest BCUT2D eigenvalue weighted by molar-refractivity contribution is 0.298. The van der Waals surface area contributed by atoms with Gasteiger partial charge in [0.25, 0.3) is 0 Å². The monoisotopic (exact) mass is 116 g/mol. The van der Waals surface area contributed by atoms with Crippen molar-refractivity contribution in [3.63, 3.8) is 0 Å². The Morgan fingerprint density at radius 2 is 1.25 bits per heavy atom. The van der Waals surface area contributed by atoms with Gasteiger partial charge in [-0.3, -0.25) is 0 Å². The van der Waals surface area contributed by atoms with Gasteiger partial charge in [0.2, 0.25) is 0 Å². The van der Waals surface area contributed by atoms with Crippen LogP contribution in [0.4, 0.5) is 0 Å². The molecule has 48 valence electrons. The number of hydrogen-bond acceptors (Lipinski definition) is 2. The molecule has 0 spiro atoms. The molecule has 0 aliphatic heterocycles. The maximum atomic E-state index is 8.25. The molecule has 2 nitrogen and oxygen atoms in total. The molecule has 0 heterocycles. The number of aliphatic hydroxyl groups excluding tert-OH is 2. The van der Waals surface area contributed by atoms with Crippen molar-refractivity contribution in [3.8, 4) is 0 Å². The molecule has 0 saturated heterocycles. The molecule has 0 saturated carbocycles. The molecule has 2 heteroatoms. The summed E-state index contributed by atoms with van der Waals surface area (Å²) >= 11 is 0. The van der Waals surface area contributed by atoms with Crippen LogP contribution < -0.4 is 0 Å². The molecule has 0 bridgehead atoms. The molecule has 0 aromatic carbocycles. The molecule has 0 atom stereocenters. The van der Waals surface area contributed by atoms with Gasteiger partial charge in [0.15, 0.2) is 0 Å². The standard InChI is InChI=1S/C6H12O2/c7-5-3-1-2-4-6-8/h1-2,7-8H,3-6H2/b2-1-. The summed E-state index contributed by atoms with van der Waals surface area (Å²) in [6, 6.07) is 0. The highest BCUT2D eigenvalue weighted by Crippen LogP contribution is 1.83. The quantitative estimate of drug-likeness (QED) is 0.519. The van der Waals surface area contributed by atoms with Gasteiger partial charge in [-0.25, -0.2) is 0 Å². The van der Waals surface area contributed by atoms with E-state index in [2.05, 4.69) is 0 Å². The maximum Gasteiger partial charge on any atom is 0.0465 e. The van der Waals surface area contributed by atoms with E-state index >= 15 is 0 Å². The summed E-state index contributed by atoms with van der Waals surface area (Å²) in [6.07, 6.45) is 5.10. The Morgan fingerprint density at radius 3 is 1.50 bits per heavy atom. The first kappa shape index (κ1) is 7.66. The molecular formula is C6H12O2. The third-order valence-electron chi connectivity index (χ3n) is 0.758. The van der Waals surface area contributed by atoms with Crippen molar-refractivity contribution in [3.05, 3.63) is 12.2 Å². The highest BCUT2D eigenvalue weighted by atomic mass is 16.3. The normalized spacial score (nSPS) is 10.8. The van der Waals surface area contributed by atoms with Crippen LogP contribution in [-0.4, -0.2) is 23.4 Å². The summed E-state index contributed by atoms with van der Waals surface area (Å²) in [7, 11) is 0. The Bertz CT molecular complexity index is 51.5. The Labute approximate surface area is 49.5 Å². The fraction of sp³-hybridized carbons (Fsp3) is 0.667. The second kappa shape index (κ2) is 6.66. The molecule has 0 radical (unpaired) electrons. The van der Waals surface area contributed by atoms with E-state index in [0.717, 1.165) is 0 Å². The molecule has 8 heavy (non-hydrogen) atoms. The van der Waals surface area contributed by atoms with Crippen LogP contribution in [0.2, 0.25) is 0 Å². The first-order valence-electron chi connectivity index (χ1n) is 2.78. The number of aliphatic hydroxyl groups is 2. The van der Waals surface area contributed by atoms with Crippen LogP contribution in [-0.2, 0) is 0 Å². The number of rotatable bonds is 4. The topological polar surface area (TPSA) is 40.5 Å². The highest BCUT2D eigenvalue weighted by Gasteiger charge is 1.73. The molecule has 2 N–H and O–H groups in total. The average Bonchev–Trinajstić information content (AvgIpc) is 1.81. The third kappa shape index (κ3) is 5.66. The molecule has 0 unspecified atom stereocenters. The molecule has 0 aliphatic carbocycles. The van der Waals surface area contributed by atoms with Gasteiger partial charge in [-0.05, 0) is 12.8 Å². The summed E-state index contributed by atoms with van der Waals surface area (Å²) in [4.78, 5) is 0. The SMILES string of the molecule is OCC/C=C\CCO. The molecule has 0 aromatic heterocycles. The van der Waals surface area contributed by atoms with Gasteiger partial charge in [-0.15, -0.1) is 0 Å². The van der Waals surface area contributed by atoms with Gasteiger partial charge in [-0.1, -0.05) is 12.2 Å². The van der Waals surface area contributed by atoms with Crippen molar-refractivity contribution >= 4 is 0 Å². The zero-order valence-corrected chi connectivity index (χ0v) is 4.88. The van der Waals surface area contributed by atoms with Gasteiger partial charge in [-0.2, -0.15) is 0 Å². The van der Waals surface area contributed by atoms with Gasteiger partial charge < -0.3 is 10.2 Å². The zero-order chi connectivity index (χ0) is 6.24. The third-order valence-corrected chi connectivity index (χ3v) is 0.758. The van der Waals surface area contributed by atoms with Crippen LogP contribution in [0.5, 0.6) is 0 Å². The lowest BCUT2D eigenvalue weighted by atomic mass is 10.3. The van der Waals surface area contributed by atoms with E-state index < -0.39 is 0 Å². The fourth-order valence-corrected chi connectivity index (χ4v) is 0.385. The fourth-order valence-electron chi connectivity index (χ4n) is 0.385. The van der Waals surface area contributed by atoms with E-state index in [9.17, 15) is 0 Å². The second-order valence-corrected chi connectivity index (χ2v) is 1.50. The van der Waals surface area contributed by atoms with Crippen molar-refractivity contribution in [2.24, 2.45) is 0 Å².